The van der Waals surface area contributed by atoms with Crippen molar-refractivity contribution in [3.63, 3.8) is 0 Å². The first-order valence-corrected chi connectivity index (χ1v) is 10.9. The Labute approximate surface area is 174 Å². The van der Waals surface area contributed by atoms with Crippen molar-refractivity contribution in [3.05, 3.63) is 58.1 Å². The van der Waals surface area contributed by atoms with Gasteiger partial charge in [0, 0.05) is 30.9 Å². The Hall–Kier alpha value is -2.98. The van der Waals surface area contributed by atoms with Crippen LogP contribution in [0.1, 0.15) is 18.4 Å². The number of nitrogens with zero attached hydrogens (tertiary/aromatic N) is 2. The largest absolute Gasteiger partial charge is 0.495 e. The SMILES string of the molecule is COc1ccc(C)cc1S(=O)(=O)N1CCC[C@H](C(=O)Nc2cccc([N+](=O)[O-])c2)C1. The number of amides is 1. The molecule has 2 aromatic rings. The van der Waals surface area contributed by atoms with Gasteiger partial charge in [0.05, 0.1) is 18.0 Å². The van der Waals surface area contributed by atoms with E-state index in [0.717, 1.165) is 5.56 Å². The highest BCUT2D eigenvalue weighted by molar-refractivity contribution is 7.89. The van der Waals surface area contributed by atoms with E-state index in [1.807, 2.05) is 0 Å². The number of hydrogen-bond donors (Lipinski definition) is 1. The number of nitro benzene ring substituents is 1. The minimum atomic E-state index is -3.85. The van der Waals surface area contributed by atoms with Crippen molar-refractivity contribution in [1.82, 2.24) is 4.31 Å². The second kappa shape index (κ2) is 8.80. The summed E-state index contributed by atoms with van der Waals surface area (Å²) in [5, 5.41) is 13.6. The Morgan fingerprint density at radius 1 is 1.27 bits per heavy atom. The lowest BCUT2D eigenvalue weighted by Gasteiger charge is -2.31. The van der Waals surface area contributed by atoms with Gasteiger partial charge < -0.3 is 10.1 Å². The van der Waals surface area contributed by atoms with E-state index in [2.05, 4.69) is 5.32 Å². The van der Waals surface area contributed by atoms with Gasteiger partial charge in [0.15, 0.2) is 0 Å². The summed E-state index contributed by atoms with van der Waals surface area (Å²) in [5.74, 6) is -0.682. The van der Waals surface area contributed by atoms with Crippen molar-refractivity contribution >= 4 is 27.3 Å². The number of methoxy groups -OCH3 is 1. The van der Waals surface area contributed by atoms with Gasteiger partial charge in [-0.3, -0.25) is 14.9 Å². The molecule has 0 saturated carbocycles. The number of carbonyl (C=O) groups excluding carboxylic acids is 1. The number of carbonyl (C=O) groups is 1. The third kappa shape index (κ3) is 4.60. The summed E-state index contributed by atoms with van der Waals surface area (Å²) in [7, 11) is -2.43. The third-order valence-electron chi connectivity index (χ3n) is 5.02. The molecule has 1 saturated heterocycles. The summed E-state index contributed by atoms with van der Waals surface area (Å²) < 4.78 is 32.9. The van der Waals surface area contributed by atoms with Gasteiger partial charge in [-0.1, -0.05) is 12.1 Å². The van der Waals surface area contributed by atoms with Crippen LogP contribution in [0.5, 0.6) is 5.75 Å². The van der Waals surface area contributed by atoms with Crippen LogP contribution < -0.4 is 10.1 Å². The molecule has 1 aliphatic rings. The molecule has 2 aromatic carbocycles. The maximum Gasteiger partial charge on any atom is 0.271 e. The summed E-state index contributed by atoms with van der Waals surface area (Å²) in [6.45, 7) is 2.13. The first-order valence-electron chi connectivity index (χ1n) is 9.42. The minimum Gasteiger partial charge on any atom is -0.495 e. The van der Waals surface area contributed by atoms with Gasteiger partial charge in [-0.05, 0) is 43.5 Å². The summed E-state index contributed by atoms with van der Waals surface area (Å²) in [4.78, 5) is 23.2. The Balaban J connectivity index is 1.78. The Kier molecular flexibility index (Phi) is 6.37. The lowest BCUT2D eigenvalue weighted by molar-refractivity contribution is -0.384. The molecule has 9 nitrogen and oxygen atoms in total. The number of piperidine rings is 1. The van der Waals surface area contributed by atoms with Gasteiger partial charge in [-0.2, -0.15) is 4.31 Å². The first-order chi connectivity index (χ1) is 14.2. The molecular formula is C20H23N3O6S. The predicted octanol–water partition coefficient (Wildman–Crippen LogP) is 2.95. The average molecular weight is 433 g/mol. The lowest BCUT2D eigenvalue weighted by Crippen LogP contribution is -2.43. The summed E-state index contributed by atoms with van der Waals surface area (Å²) in [6.07, 6.45) is 1.05. The molecule has 160 valence electrons. The van der Waals surface area contributed by atoms with E-state index in [9.17, 15) is 23.3 Å². The minimum absolute atomic E-state index is 0.0280. The van der Waals surface area contributed by atoms with Gasteiger partial charge in [-0.15, -0.1) is 0 Å². The summed E-state index contributed by atoms with van der Waals surface area (Å²) in [5.41, 5.74) is 0.952. The van der Waals surface area contributed by atoms with Gasteiger partial charge in [0.2, 0.25) is 15.9 Å². The fraction of sp³-hybridized carbons (Fsp3) is 0.350. The van der Waals surface area contributed by atoms with Gasteiger partial charge in [-0.25, -0.2) is 8.42 Å². The number of nitrogens with one attached hydrogen (secondary N) is 1. The molecule has 0 bridgehead atoms. The molecule has 1 fully saturated rings. The van der Waals surface area contributed by atoms with Crippen molar-refractivity contribution in [3.8, 4) is 5.75 Å². The van der Waals surface area contributed by atoms with Crippen LogP contribution in [0.15, 0.2) is 47.4 Å². The molecule has 0 unspecified atom stereocenters. The van der Waals surface area contributed by atoms with E-state index in [0.29, 0.717) is 25.1 Å². The first kappa shape index (κ1) is 21.7. The maximum atomic E-state index is 13.2. The van der Waals surface area contributed by atoms with E-state index in [1.54, 1.807) is 31.2 Å². The molecule has 1 atom stereocenters. The standard InChI is InChI=1S/C20H23N3O6S/c1-14-8-9-18(29-2)19(11-14)30(27,28)22-10-4-5-15(13-22)20(24)21-16-6-3-7-17(12-16)23(25)26/h3,6-9,11-12,15H,4-5,10,13H2,1-2H3,(H,21,24)/t15-/m0/s1. The average Bonchev–Trinajstić information content (AvgIpc) is 2.74. The molecule has 0 aliphatic carbocycles. The molecule has 0 aromatic heterocycles. The van der Waals surface area contributed by atoms with E-state index in [1.165, 1.54) is 29.6 Å². The number of aryl methyl sites for hydroxylation is 1. The Bertz CT molecular complexity index is 1070. The van der Waals surface area contributed by atoms with Gasteiger partial charge in [0.1, 0.15) is 10.6 Å². The normalized spacial score (nSPS) is 17.3. The molecule has 1 aliphatic heterocycles. The van der Waals surface area contributed by atoms with E-state index in [-0.39, 0.29) is 28.8 Å². The van der Waals surface area contributed by atoms with Crippen molar-refractivity contribution in [2.45, 2.75) is 24.7 Å². The summed E-state index contributed by atoms with van der Waals surface area (Å²) >= 11 is 0. The van der Waals surface area contributed by atoms with Crippen molar-refractivity contribution in [2.75, 3.05) is 25.5 Å². The Morgan fingerprint density at radius 3 is 2.73 bits per heavy atom. The number of nitro groups is 1. The smallest absolute Gasteiger partial charge is 0.271 e. The quantitative estimate of drug-likeness (QED) is 0.553. The highest BCUT2D eigenvalue weighted by Gasteiger charge is 2.35. The number of non-ortho nitro benzene ring substituents is 1. The molecular weight excluding hydrogens is 410 g/mol. The summed E-state index contributed by atoms with van der Waals surface area (Å²) in [6, 6.07) is 10.6. The number of hydrogen-bond acceptors (Lipinski definition) is 6. The van der Waals surface area contributed by atoms with Gasteiger partial charge in [0.25, 0.3) is 5.69 Å². The van der Waals surface area contributed by atoms with E-state index < -0.39 is 20.9 Å². The van der Waals surface area contributed by atoms with Crippen molar-refractivity contribution < 1.29 is 22.9 Å². The van der Waals surface area contributed by atoms with E-state index >= 15 is 0 Å². The van der Waals surface area contributed by atoms with Crippen LogP contribution in [-0.2, 0) is 14.8 Å². The zero-order valence-electron chi connectivity index (χ0n) is 16.7. The van der Waals surface area contributed by atoms with E-state index in [4.69, 9.17) is 4.74 Å². The lowest BCUT2D eigenvalue weighted by atomic mass is 9.98. The maximum absolute atomic E-state index is 13.2. The predicted molar refractivity (Wildman–Crippen MR) is 111 cm³/mol. The van der Waals surface area contributed by atoms with Crippen LogP contribution in [-0.4, -0.2) is 43.8 Å². The van der Waals surface area contributed by atoms with Gasteiger partial charge >= 0.3 is 0 Å². The fourth-order valence-corrected chi connectivity index (χ4v) is 5.21. The highest BCUT2D eigenvalue weighted by Crippen LogP contribution is 2.31. The van der Waals surface area contributed by atoms with Crippen LogP contribution in [0.3, 0.4) is 0 Å². The molecule has 1 heterocycles. The second-order valence-corrected chi connectivity index (χ2v) is 9.06. The number of rotatable bonds is 6. The number of benzene rings is 2. The number of anilines is 1. The fourth-order valence-electron chi connectivity index (χ4n) is 3.44. The number of sulfonamides is 1. The third-order valence-corrected chi connectivity index (χ3v) is 6.90. The van der Waals surface area contributed by atoms with Crippen LogP contribution in [0, 0.1) is 23.0 Å². The molecule has 0 radical (unpaired) electrons. The van der Waals surface area contributed by atoms with Crippen LogP contribution in [0.25, 0.3) is 0 Å². The molecule has 1 N–H and O–H groups in total. The molecule has 10 heteroatoms. The topological polar surface area (TPSA) is 119 Å². The van der Waals surface area contributed by atoms with Crippen LogP contribution >= 0.6 is 0 Å². The zero-order valence-corrected chi connectivity index (χ0v) is 17.5. The highest BCUT2D eigenvalue weighted by atomic mass is 32.2. The molecule has 3 rings (SSSR count). The van der Waals surface area contributed by atoms with Crippen LogP contribution in [0.2, 0.25) is 0 Å². The molecule has 0 spiro atoms. The number of ether oxygens (including phenoxy) is 1. The second-order valence-electron chi connectivity index (χ2n) is 7.15. The Morgan fingerprint density at radius 2 is 2.03 bits per heavy atom. The molecule has 30 heavy (non-hydrogen) atoms. The van der Waals surface area contributed by atoms with Crippen molar-refractivity contribution in [1.29, 1.82) is 0 Å². The monoisotopic (exact) mass is 433 g/mol. The molecule has 1 amide bonds. The van der Waals surface area contributed by atoms with Crippen LogP contribution in [0.4, 0.5) is 11.4 Å². The van der Waals surface area contributed by atoms with Crippen molar-refractivity contribution in [2.24, 2.45) is 5.92 Å². The zero-order chi connectivity index (χ0) is 21.9.